The molecule has 3 aromatic rings. The van der Waals surface area contributed by atoms with Crippen LogP contribution < -0.4 is 0 Å². The third kappa shape index (κ3) is 3.43. The van der Waals surface area contributed by atoms with Crippen LogP contribution in [0.4, 0.5) is 0 Å². The van der Waals surface area contributed by atoms with E-state index in [0.717, 1.165) is 53.9 Å². The summed E-state index contributed by atoms with van der Waals surface area (Å²) >= 11 is 0. The average Bonchev–Trinajstić information content (AvgIpc) is 3.08. The molecule has 0 spiro atoms. The molecule has 3 heterocycles. The molecule has 1 amide bonds. The van der Waals surface area contributed by atoms with Gasteiger partial charge in [0, 0.05) is 50.4 Å². The second kappa shape index (κ2) is 6.84. The molecule has 0 aliphatic carbocycles. The Balaban J connectivity index is 1.55. The van der Waals surface area contributed by atoms with E-state index in [2.05, 4.69) is 33.3 Å². The summed E-state index contributed by atoms with van der Waals surface area (Å²) < 4.78 is 1.69. The number of aryl methyl sites for hydroxylation is 1. The van der Waals surface area contributed by atoms with E-state index in [9.17, 15) is 4.79 Å². The maximum atomic E-state index is 12.5. The number of benzene rings is 1. The molecule has 26 heavy (non-hydrogen) atoms. The molecule has 7 nitrogen and oxygen atoms in total. The topological polar surface area (TPSA) is 67.2 Å². The molecule has 0 bridgehead atoms. The van der Waals surface area contributed by atoms with Crippen LogP contribution in [0.15, 0.2) is 36.7 Å². The Kier molecular flexibility index (Phi) is 4.38. The van der Waals surface area contributed by atoms with Crippen LogP contribution in [-0.4, -0.2) is 68.9 Å². The monoisotopic (exact) mass is 350 g/mol. The van der Waals surface area contributed by atoms with Crippen LogP contribution in [0, 0.1) is 0 Å². The summed E-state index contributed by atoms with van der Waals surface area (Å²) in [5.74, 6) is 0.148. The molecule has 1 fully saturated rings. The van der Waals surface area contributed by atoms with Gasteiger partial charge in [-0.3, -0.25) is 14.5 Å². The molecular weight excluding hydrogens is 328 g/mol. The van der Waals surface area contributed by atoms with Gasteiger partial charge in [0.1, 0.15) is 5.69 Å². The van der Waals surface area contributed by atoms with E-state index < -0.39 is 0 Å². The number of aromatic nitrogens is 4. The van der Waals surface area contributed by atoms with Gasteiger partial charge in [-0.2, -0.15) is 0 Å². The second-order valence-electron chi connectivity index (χ2n) is 6.88. The number of rotatable bonds is 3. The van der Waals surface area contributed by atoms with Gasteiger partial charge in [0.05, 0.1) is 18.3 Å². The van der Waals surface area contributed by atoms with Gasteiger partial charge >= 0.3 is 0 Å². The Hall–Kier alpha value is -2.80. The van der Waals surface area contributed by atoms with Crippen molar-refractivity contribution in [3.8, 4) is 11.3 Å². The van der Waals surface area contributed by atoms with Crippen molar-refractivity contribution in [3.63, 3.8) is 0 Å². The number of carbonyl (C=O) groups is 1. The van der Waals surface area contributed by atoms with E-state index >= 15 is 0 Å². The van der Waals surface area contributed by atoms with E-state index in [1.165, 1.54) is 0 Å². The molecule has 1 saturated heterocycles. The number of hydrogen-bond acceptors (Lipinski definition) is 5. The van der Waals surface area contributed by atoms with Crippen molar-refractivity contribution in [2.24, 2.45) is 7.05 Å². The van der Waals surface area contributed by atoms with Crippen molar-refractivity contribution in [2.45, 2.75) is 6.42 Å². The second-order valence-corrected chi connectivity index (χ2v) is 6.88. The van der Waals surface area contributed by atoms with Gasteiger partial charge in [-0.1, -0.05) is 17.3 Å². The Morgan fingerprint density at radius 1 is 1.08 bits per heavy atom. The van der Waals surface area contributed by atoms with Crippen LogP contribution in [0.1, 0.15) is 5.69 Å². The van der Waals surface area contributed by atoms with Crippen molar-refractivity contribution < 1.29 is 4.79 Å². The first-order chi connectivity index (χ1) is 12.6. The Bertz CT molecular complexity index is 942. The molecule has 0 N–H and O–H groups in total. The summed E-state index contributed by atoms with van der Waals surface area (Å²) in [5, 5.41) is 10.3. The number of pyridine rings is 1. The molecule has 134 valence electrons. The van der Waals surface area contributed by atoms with Crippen molar-refractivity contribution in [2.75, 3.05) is 33.2 Å². The lowest BCUT2D eigenvalue weighted by Crippen LogP contribution is -2.47. The molecule has 0 atom stereocenters. The SMILES string of the molecule is CN1CCN(C(=O)Cc2cc3cc(-c4cn(C)nn4)ccc3cn2)CC1. The summed E-state index contributed by atoms with van der Waals surface area (Å²) in [7, 11) is 3.94. The predicted molar refractivity (Wildman–Crippen MR) is 99.5 cm³/mol. The number of hydrogen-bond donors (Lipinski definition) is 0. The minimum absolute atomic E-state index is 0.148. The van der Waals surface area contributed by atoms with Crippen LogP contribution in [0.5, 0.6) is 0 Å². The highest BCUT2D eigenvalue weighted by molar-refractivity contribution is 5.87. The first-order valence-corrected chi connectivity index (χ1v) is 8.80. The van der Waals surface area contributed by atoms with E-state index in [1.54, 1.807) is 4.68 Å². The van der Waals surface area contributed by atoms with Crippen LogP contribution in [-0.2, 0) is 18.3 Å². The standard InChI is InChI=1S/C19H22N6O/c1-23-5-7-25(8-6-23)19(26)11-17-10-16-9-14(3-4-15(16)12-20-17)18-13-24(2)22-21-18/h3-4,9-10,12-13H,5-8,11H2,1-2H3. The summed E-state index contributed by atoms with van der Waals surface area (Å²) in [5.41, 5.74) is 2.65. The molecule has 1 aliphatic heterocycles. The molecule has 1 aliphatic rings. The molecule has 1 aromatic carbocycles. The summed E-state index contributed by atoms with van der Waals surface area (Å²) in [6, 6.07) is 8.12. The summed E-state index contributed by atoms with van der Waals surface area (Å²) in [4.78, 5) is 21.2. The highest BCUT2D eigenvalue weighted by atomic mass is 16.2. The van der Waals surface area contributed by atoms with Crippen molar-refractivity contribution in [3.05, 3.63) is 42.4 Å². The molecular formula is C19H22N6O. The largest absolute Gasteiger partial charge is 0.340 e. The van der Waals surface area contributed by atoms with Gasteiger partial charge in [0.2, 0.25) is 5.91 Å². The van der Waals surface area contributed by atoms with Gasteiger partial charge < -0.3 is 9.80 Å². The number of nitrogens with zero attached hydrogens (tertiary/aromatic N) is 6. The minimum Gasteiger partial charge on any atom is -0.340 e. The molecule has 4 rings (SSSR count). The maximum Gasteiger partial charge on any atom is 0.228 e. The van der Waals surface area contributed by atoms with Crippen molar-refractivity contribution in [1.82, 2.24) is 29.8 Å². The maximum absolute atomic E-state index is 12.5. The quantitative estimate of drug-likeness (QED) is 0.713. The molecule has 0 radical (unpaired) electrons. The predicted octanol–water partition coefficient (Wildman–Crippen LogP) is 1.35. The van der Waals surface area contributed by atoms with Gasteiger partial charge in [-0.05, 0) is 24.6 Å². The molecule has 0 saturated carbocycles. The fourth-order valence-electron chi connectivity index (χ4n) is 3.24. The first-order valence-electron chi connectivity index (χ1n) is 8.80. The van der Waals surface area contributed by atoms with Crippen molar-refractivity contribution in [1.29, 1.82) is 0 Å². The number of piperazine rings is 1. The Morgan fingerprint density at radius 2 is 1.88 bits per heavy atom. The minimum atomic E-state index is 0.148. The normalized spacial score (nSPS) is 15.5. The number of carbonyl (C=O) groups excluding carboxylic acids is 1. The zero-order chi connectivity index (χ0) is 18.1. The third-order valence-electron chi connectivity index (χ3n) is 4.87. The van der Waals surface area contributed by atoms with Gasteiger partial charge in [-0.25, -0.2) is 0 Å². The van der Waals surface area contributed by atoms with Gasteiger partial charge in [0.25, 0.3) is 0 Å². The van der Waals surface area contributed by atoms with Gasteiger partial charge in [-0.15, -0.1) is 5.10 Å². The van der Waals surface area contributed by atoms with Crippen LogP contribution in [0.3, 0.4) is 0 Å². The average molecular weight is 350 g/mol. The highest BCUT2D eigenvalue weighted by Gasteiger charge is 2.19. The Labute approximate surface area is 152 Å². The Morgan fingerprint density at radius 3 is 2.62 bits per heavy atom. The molecule has 2 aromatic heterocycles. The van der Waals surface area contributed by atoms with Crippen LogP contribution in [0.2, 0.25) is 0 Å². The van der Waals surface area contributed by atoms with E-state index in [1.807, 2.05) is 42.5 Å². The van der Waals surface area contributed by atoms with Crippen molar-refractivity contribution >= 4 is 16.7 Å². The lowest BCUT2D eigenvalue weighted by Gasteiger charge is -2.32. The van der Waals surface area contributed by atoms with E-state index in [0.29, 0.717) is 6.42 Å². The zero-order valence-electron chi connectivity index (χ0n) is 15.1. The number of amides is 1. The fraction of sp³-hybridized carbons (Fsp3) is 0.368. The van der Waals surface area contributed by atoms with E-state index in [-0.39, 0.29) is 5.91 Å². The number of likely N-dealkylation sites (N-methyl/N-ethyl adjacent to an activating group) is 1. The van der Waals surface area contributed by atoms with Crippen LogP contribution in [0.25, 0.3) is 22.0 Å². The lowest BCUT2D eigenvalue weighted by molar-refractivity contribution is -0.132. The lowest BCUT2D eigenvalue weighted by atomic mass is 10.1. The third-order valence-corrected chi connectivity index (χ3v) is 4.87. The van der Waals surface area contributed by atoms with E-state index in [4.69, 9.17) is 0 Å². The first kappa shape index (κ1) is 16.7. The number of fused-ring (bicyclic) bond motifs is 1. The summed E-state index contributed by atoms with van der Waals surface area (Å²) in [6.07, 6.45) is 4.07. The highest BCUT2D eigenvalue weighted by Crippen LogP contribution is 2.23. The van der Waals surface area contributed by atoms with Gasteiger partial charge in [0.15, 0.2) is 0 Å². The molecule has 0 unspecified atom stereocenters. The zero-order valence-corrected chi connectivity index (χ0v) is 15.1. The smallest absolute Gasteiger partial charge is 0.228 e. The fourth-order valence-corrected chi connectivity index (χ4v) is 3.24. The summed E-state index contributed by atoms with van der Waals surface area (Å²) in [6.45, 7) is 3.44. The van der Waals surface area contributed by atoms with Crippen LogP contribution >= 0.6 is 0 Å². The molecule has 7 heteroatoms.